The lowest BCUT2D eigenvalue weighted by atomic mass is 9.77. The van der Waals surface area contributed by atoms with Gasteiger partial charge in [0.05, 0.1) is 12.1 Å². The van der Waals surface area contributed by atoms with E-state index in [2.05, 4.69) is 31.3 Å². The molecule has 2 aromatic heterocycles. The van der Waals surface area contributed by atoms with Gasteiger partial charge in [0.15, 0.2) is 0 Å². The molecule has 1 aliphatic carbocycles. The number of thiophene rings is 1. The third-order valence-electron chi connectivity index (χ3n) is 5.39. The van der Waals surface area contributed by atoms with E-state index < -0.39 is 0 Å². The monoisotopic (exact) mass is 317 g/mol. The molecule has 2 fully saturated rings. The summed E-state index contributed by atoms with van der Waals surface area (Å²) < 4.78 is 2.17. The number of imidazole rings is 1. The van der Waals surface area contributed by atoms with E-state index in [9.17, 15) is 5.11 Å². The minimum Gasteiger partial charge on any atom is -0.391 e. The second-order valence-corrected chi connectivity index (χ2v) is 7.61. The summed E-state index contributed by atoms with van der Waals surface area (Å²) in [6.45, 7) is 5.38. The fraction of sp³-hybridized carbons (Fsp3) is 0.588. The van der Waals surface area contributed by atoms with Gasteiger partial charge in [-0.05, 0) is 54.0 Å². The molecule has 118 valence electrons. The molecule has 4 atom stereocenters. The maximum absolute atomic E-state index is 10.6. The number of aliphatic hydroxyl groups excluding tert-OH is 1. The van der Waals surface area contributed by atoms with Crippen LogP contribution in [0.2, 0.25) is 0 Å². The number of aliphatic hydroxyl groups is 1. The predicted octanol–water partition coefficient (Wildman–Crippen LogP) is 2.70. The lowest BCUT2D eigenvalue weighted by Gasteiger charge is -2.36. The van der Waals surface area contributed by atoms with Crippen LogP contribution in [0.25, 0.3) is 0 Å². The molecule has 5 heteroatoms. The molecule has 0 bridgehead atoms. The Morgan fingerprint density at radius 1 is 1.32 bits per heavy atom. The summed E-state index contributed by atoms with van der Waals surface area (Å²) in [5.74, 6) is 2.36. The van der Waals surface area contributed by atoms with Crippen molar-refractivity contribution in [1.29, 1.82) is 0 Å². The average molecular weight is 317 g/mol. The Kier molecular flexibility index (Phi) is 3.80. The highest BCUT2D eigenvalue weighted by Gasteiger charge is 2.42. The minimum absolute atomic E-state index is 0.199. The van der Waals surface area contributed by atoms with E-state index in [1.165, 1.54) is 5.56 Å². The van der Waals surface area contributed by atoms with Crippen LogP contribution in [-0.4, -0.2) is 38.8 Å². The van der Waals surface area contributed by atoms with Gasteiger partial charge in [0.1, 0.15) is 5.82 Å². The van der Waals surface area contributed by atoms with Crippen molar-refractivity contribution in [2.45, 2.75) is 38.5 Å². The van der Waals surface area contributed by atoms with E-state index in [-0.39, 0.29) is 12.1 Å². The topological polar surface area (TPSA) is 41.3 Å². The number of nitrogens with zero attached hydrogens (tertiary/aromatic N) is 3. The fourth-order valence-corrected chi connectivity index (χ4v) is 4.97. The zero-order valence-corrected chi connectivity index (χ0v) is 13.7. The van der Waals surface area contributed by atoms with E-state index in [1.54, 1.807) is 11.3 Å². The standard InChI is InChI=1S/C17H23N3OS/c1-12-18-3-4-20(12)16-6-14-9-19(8-13-2-5-22-11-13)10-15(14)7-17(16)21/h2-5,11,14-17,21H,6-10H2,1H3/t14-,15+,16-,17-/m0/s1. The normalized spacial score (nSPS) is 32.3. The summed E-state index contributed by atoms with van der Waals surface area (Å²) in [6.07, 6.45) is 5.61. The lowest BCUT2D eigenvalue weighted by Crippen LogP contribution is -2.36. The van der Waals surface area contributed by atoms with Crippen LogP contribution in [0.4, 0.5) is 0 Å². The lowest BCUT2D eigenvalue weighted by molar-refractivity contribution is 0.0349. The summed E-state index contributed by atoms with van der Waals surface area (Å²) in [5.41, 5.74) is 1.42. The second kappa shape index (κ2) is 5.80. The molecule has 3 heterocycles. The molecule has 0 amide bonds. The summed E-state index contributed by atoms with van der Waals surface area (Å²) in [4.78, 5) is 6.88. The minimum atomic E-state index is -0.241. The van der Waals surface area contributed by atoms with Crippen molar-refractivity contribution < 1.29 is 5.11 Å². The number of fused-ring (bicyclic) bond motifs is 1. The Hall–Kier alpha value is -1.17. The molecular weight excluding hydrogens is 294 g/mol. The van der Waals surface area contributed by atoms with Gasteiger partial charge in [-0.25, -0.2) is 4.98 Å². The van der Waals surface area contributed by atoms with Gasteiger partial charge >= 0.3 is 0 Å². The Morgan fingerprint density at radius 2 is 2.14 bits per heavy atom. The Bertz CT molecular complexity index is 624. The van der Waals surface area contributed by atoms with Gasteiger partial charge in [0.25, 0.3) is 0 Å². The number of rotatable bonds is 3. The van der Waals surface area contributed by atoms with Crippen LogP contribution in [0.5, 0.6) is 0 Å². The van der Waals surface area contributed by atoms with Crippen LogP contribution < -0.4 is 0 Å². The van der Waals surface area contributed by atoms with Crippen LogP contribution in [-0.2, 0) is 6.54 Å². The summed E-state index contributed by atoms with van der Waals surface area (Å²) in [5, 5.41) is 15.0. The zero-order valence-electron chi connectivity index (χ0n) is 12.9. The molecule has 1 N–H and O–H groups in total. The molecule has 2 aromatic rings. The highest BCUT2D eigenvalue weighted by Crippen LogP contribution is 2.41. The van der Waals surface area contributed by atoms with Gasteiger partial charge in [0.2, 0.25) is 0 Å². The first-order valence-corrected chi connectivity index (χ1v) is 9.06. The summed E-state index contributed by atoms with van der Waals surface area (Å²) in [6, 6.07) is 2.42. The van der Waals surface area contributed by atoms with E-state index in [0.717, 1.165) is 38.3 Å². The highest BCUT2D eigenvalue weighted by molar-refractivity contribution is 7.07. The Balaban J connectivity index is 1.45. The van der Waals surface area contributed by atoms with E-state index in [0.29, 0.717) is 11.8 Å². The van der Waals surface area contributed by atoms with E-state index >= 15 is 0 Å². The fourth-order valence-electron chi connectivity index (χ4n) is 4.31. The summed E-state index contributed by atoms with van der Waals surface area (Å²) >= 11 is 1.77. The number of aryl methyl sites for hydroxylation is 1. The van der Waals surface area contributed by atoms with Crippen LogP contribution in [0.1, 0.15) is 30.3 Å². The second-order valence-electron chi connectivity index (χ2n) is 6.83. The van der Waals surface area contributed by atoms with Gasteiger partial charge in [-0.1, -0.05) is 0 Å². The predicted molar refractivity (Wildman–Crippen MR) is 87.8 cm³/mol. The van der Waals surface area contributed by atoms with Crippen molar-refractivity contribution in [2.75, 3.05) is 13.1 Å². The molecule has 1 aliphatic heterocycles. The Morgan fingerprint density at radius 3 is 2.82 bits per heavy atom. The van der Waals surface area contributed by atoms with Crippen molar-refractivity contribution >= 4 is 11.3 Å². The number of hydrogen-bond donors (Lipinski definition) is 1. The zero-order chi connectivity index (χ0) is 15.1. The third kappa shape index (κ3) is 2.62. The van der Waals surface area contributed by atoms with Crippen molar-refractivity contribution in [3.63, 3.8) is 0 Å². The van der Waals surface area contributed by atoms with E-state index in [1.807, 2.05) is 19.3 Å². The van der Waals surface area contributed by atoms with Crippen molar-refractivity contribution in [3.05, 3.63) is 40.6 Å². The molecule has 22 heavy (non-hydrogen) atoms. The van der Waals surface area contributed by atoms with Crippen LogP contribution in [0.3, 0.4) is 0 Å². The molecular formula is C17H23N3OS. The SMILES string of the molecule is Cc1nccn1[C@H]1C[C@H]2CN(Cc3ccsc3)C[C@H]2C[C@@H]1O. The number of aromatic nitrogens is 2. The van der Waals surface area contributed by atoms with Crippen LogP contribution in [0, 0.1) is 18.8 Å². The van der Waals surface area contributed by atoms with Gasteiger partial charge in [-0.15, -0.1) is 0 Å². The smallest absolute Gasteiger partial charge is 0.105 e. The van der Waals surface area contributed by atoms with Crippen LogP contribution in [0.15, 0.2) is 29.2 Å². The first-order chi connectivity index (χ1) is 10.7. The molecule has 4 nitrogen and oxygen atoms in total. The van der Waals surface area contributed by atoms with Crippen molar-refractivity contribution in [2.24, 2.45) is 11.8 Å². The third-order valence-corrected chi connectivity index (χ3v) is 6.12. The molecule has 0 aromatic carbocycles. The van der Waals surface area contributed by atoms with Crippen molar-refractivity contribution in [3.8, 4) is 0 Å². The Labute approximate surface area is 135 Å². The first kappa shape index (κ1) is 14.4. The number of likely N-dealkylation sites (tertiary alicyclic amines) is 1. The molecule has 0 spiro atoms. The average Bonchev–Trinajstić information content (AvgIpc) is 3.19. The number of hydrogen-bond acceptors (Lipinski definition) is 4. The molecule has 2 aliphatic rings. The van der Waals surface area contributed by atoms with E-state index in [4.69, 9.17) is 0 Å². The molecule has 1 saturated carbocycles. The quantitative estimate of drug-likeness (QED) is 0.946. The van der Waals surface area contributed by atoms with Gasteiger partial charge in [-0.3, -0.25) is 4.90 Å². The molecule has 4 rings (SSSR count). The largest absolute Gasteiger partial charge is 0.391 e. The molecule has 1 saturated heterocycles. The maximum Gasteiger partial charge on any atom is 0.105 e. The summed E-state index contributed by atoms with van der Waals surface area (Å²) in [7, 11) is 0. The maximum atomic E-state index is 10.6. The van der Waals surface area contributed by atoms with Crippen molar-refractivity contribution in [1.82, 2.24) is 14.5 Å². The molecule has 0 unspecified atom stereocenters. The van der Waals surface area contributed by atoms with Gasteiger partial charge < -0.3 is 9.67 Å². The highest BCUT2D eigenvalue weighted by atomic mass is 32.1. The van der Waals surface area contributed by atoms with Gasteiger partial charge in [-0.2, -0.15) is 11.3 Å². The first-order valence-electron chi connectivity index (χ1n) is 8.11. The molecule has 0 radical (unpaired) electrons. The van der Waals surface area contributed by atoms with Crippen LogP contribution >= 0.6 is 11.3 Å². The van der Waals surface area contributed by atoms with Gasteiger partial charge in [0, 0.05) is 32.0 Å².